The molecular formula is C16H13ClFN3. The summed E-state index contributed by atoms with van der Waals surface area (Å²) in [5, 5.41) is 8.31. The van der Waals surface area contributed by atoms with Crippen LogP contribution in [0.5, 0.6) is 0 Å². The van der Waals surface area contributed by atoms with E-state index < -0.39 is 0 Å². The number of aromatic nitrogens is 3. The lowest BCUT2D eigenvalue weighted by atomic mass is 10.2. The molecule has 0 spiro atoms. The fourth-order valence-corrected chi connectivity index (χ4v) is 2.33. The van der Waals surface area contributed by atoms with Crippen LogP contribution in [0.1, 0.15) is 11.4 Å². The third kappa shape index (κ3) is 2.67. The van der Waals surface area contributed by atoms with Gasteiger partial charge in [0.05, 0.1) is 5.88 Å². The van der Waals surface area contributed by atoms with E-state index in [0.29, 0.717) is 11.6 Å². The van der Waals surface area contributed by atoms with Crippen molar-refractivity contribution >= 4 is 11.6 Å². The molecule has 21 heavy (non-hydrogen) atoms. The molecule has 5 heteroatoms. The van der Waals surface area contributed by atoms with E-state index in [-0.39, 0.29) is 11.7 Å². The lowest BCUT2D eigenvalue weighted by molar-refractivity contribution is 0.628. The molecule has 0 saturated heterocycles. The van der Waals surface area contributed by atoms with E-state index in [1.54, 1.807) is 12.1 Å². The molecule has 0 bridgehead atoms. The van der Waals surface area contributed by atoms with Gasteiger partial charge in [0.25, 0.3) is 0 Å². The second-order valence-electron chi connectivity index (χ2n) is 4.75. The van der Waals surface area contributed by atoms with Crippen molar-refractivity contribution in [2.45, 2.75) is 12.8 Å². The van der Waals surface area contributed by atoms with Gasteiger partial charge in [0.15, 0.2) is 11.6 Å². The van der Waals surface area contributed by atoms with Crippen molar-refractivity contribution in [2.75, 3.05) is 0 Å². The molecule has 3 rings (SSSR count). The van der Waals surface area contributed by atoms with Crippen LogP contribution < -0.4 is 0 Å². The number of hydrogen-bond acceptors (Lipinski definition) is 2. The van der Waals surface area contributed by atoms with Gasteiger partial charge in [-0.05, 0) is 43.3 Å². The molecule has 0 aliphatic heterocycles. The van der Waals surface area contributed by atoms with Gasteiger partial charge in [0.2, 0.25) is 0 Å². The van der Waals surface area contributed by atoms with E-state index in [1.807, 2.05) is 35.8 Å². The molecule has 1 heterocycles. The Labute approximate surface area is 127 Å². The molecule has 0 fully saturated rings. The number of aryl methyl sites for hydroxylation is 1. The molecule has 0 atom stereocenters. The van der Waals surface area contributed by atoms with Gasteiger partial charge in [0.1, 0.15) is 5.82 Å². The summed E-state index contributed by atoms with van der Waals surface area (Å²) in [6.45, 7) is 2.03. The Morgan fingerprint density at radius 2 is 1.67 bits per heavy atom. The predicted octanol–water partition coefficient (Wildman–Crippen LogP) is 4.12. The second-order valence-corrected chi connectivity index (χ2v) is 5.02. The number of halogens is 2. The quantitative estimate of drug-likeness (QED) is 0.681. The van der Waals surface area contributed by atoms with Crippen LogP contribution in [0.25, 0.3) is 17.1 Å². The highest BCUT2D eigenvalue weighted by Crippen LogP contribution is 2.24. The zero-order valence-electron chi connectivity index (χ0n) is 11.4. The summed E-state index contributed by atoms with van der Waals surface area (Å²) in [4.78, 5) is 0. The smallest absolute Gasteiger partial charge is 0.168 e. The highest BCUT2D eigenvalue weighted by Gasteiger charge is 2.14. The first-order valence-corrected chi connectivity index (χ1v) is 7.06. The molecule has 0 aliphatic rings. The maximum Gasteiger partial charge on any atom is 0.168 e. The van der Waals surface area contributed by atoms with Crippen molar-refractivity contribution in [1.29, 1.82) is 0 Å². The summed E-state index contributed by atoms with van der Waals surface area (Å²) in [5.74, 6) is 1.27. The lowest BCUT2D eigenvalue weighted by Crippen LogP contribution is -2.01. The average Bonchev–Trinajstić information content (AvgIpc) is 2.93. The van der Waals surface area contributed by atoms with E-state index in [0.717, 1.165) is 11.3 Å². The Kier molecular flexibility index (Phi) is 3.71. The maximum atomic E-state index is 13.1. The molecule has 0 N–H and O–H groups in total. The molecule has 0 amide bonds. The average molecular weight is 302 g/mol. The molecular weight excluding hydrogens is 289 g/mol. The van der Waals surface area contributed by atoms with Crippen LogP contribution in [0.3, 0.4) is 0 Å². The summed E-state index contributed by atoms with van der Waals surface area (Å²) < 4.78 is 15.0. The summed E-state index contributed by atoms with van der Waals surface area (Å²) in [7, 11) is 0. The Hall–Kier alpha value is -2.20. The van der Waals surface area contributed by atoms with Crippen LogP contribution in [0.2, 0.25) is 0 Å². The minimum Gasteiger partial charge on any atom is -0.278 e. The van der Waals surface area contributed by atoms with E-state index in [2.05, 4.69) is 10.2 Å². The van der Waals surface area contributed by atoms with Crippen molar-refractivity contribution in [3.63, 3.8) is 0 Å². The standard InChI is InChI=1S/C16H13ClFN3/c1-11-2-8-14(9-3-11)21-15(10-17)19-20-16(21)12-4-6-13(18)7-5-12/h2-9H,10H2,1H3. The molecule has 106 valence electrons. The Morgan fingerprint density at radius 1 is 1.00 bits per heavy atom. The summed E-state index contributed by atoms with van der Waals surface area (Å²) in [5.41, 5.74) is 2.89. The second kappa shape index (κ2) is 5.66. The number of benzene rings is 2. The number of alkyl halides is 1. The summed E-state index contributed by atoms with van der Waals surface area (Å²) >= 11 is 5.96. The van der Waals surface area contributed by atoms with Gasteiger partial charge >= 0.3 is 0 Å². The molecule has 3 nitrogen and oxygen atoms in total. The largest absolute Gasteiger partial charge is 0.278 e. The van der Waals surface area contributed by atoms with Crippen molar-refractivity contribution in [3.05, 3.63) is 65.7 Å². The Balaban J connectivity index is 2.16. The van der Waals surface area contributed by atoms with E-state index >= 15 is 0 Å². The van der Waals surface area contributed by atoms with Gasteiger partial charge in [-0.1, -0.05) is 17.7 Å². The first-order valence-electron chi connectivity index (χ1n) is 6.52. The number of rotatable bonds is 3. The molecule has 3 aromatic rings. The first kappa shape index (κ1) is 13.8. The van der Waals surface area contributed by atoms with Gasteiger partial charge in [-0.25, -0.2) is 4.39 Å². The van der Waals surface area contributed by atoms with Crippen molar-refractivity contribution < 1.29 is 4.39 Å². The Morgan fingerprint density at radius 3 is 2.29 bits per heavy atom. The van der Waals surface area contributed by atoms with Gasteiger partial charge in [0, 0.05) is 11.3 Å². The predicted molar refractivity (Wildman–Crippen MR) is 81.0 cm³/mol. The molecule has 0 saturated carbocycles. The molecule has 2 aromatic carbocycles. The van der Waals surface area contributed by atoms with Gasteiger partial charge < -0.3 is 0 Å². The van der Waals surface area contributed by atoms with E-state index in [4.69, 9.17) is 11.6 Å². The summed E-state index contributed by atoms with van der Waals surface area (Å²) in [6, 6.07) is 14.2. The minimum absolute atomic E-state index is 0.252. The van der Waals surface area contributed by atoms with Gasteiger partial charge in [-0.3, -0.25) is 4.57 Å². The third-order valence-electron chi connectivity index (χ3n) is 3.24. The highest BCUT2D eigenvalue weighted by atomic mass is 35.5. The topological polar surface area (TPSA) is 30.7 Å². The Bertz CT molecular complexity index is 748. The SMILES string of the molecule is Cc1ccc(-n2c(CCl)nnc2-c2ccc(F)cc2)cc1. The zero-order valence-corrected chi connectivity index (χ0v) is 12.2. The van der Waals surface area contributed by atoms with E-state index in [9.17, 15) is 4.39 Å². The highest BCUT2D eigenvalue weighted by molar-refractivity contribution is 6.16. The van der Waals surface area contributed by atoms with Gasteiger partial charge in [-0.2, -0.15) is 0 Å². The van der Waals surface area contributed by atoms with Crippen molar-refractivity contribution in [3.8, 4) is 17.1 Å². The third-order valence-corrected chi connectivity index (χ3v) is 3.48. The van der Waals surface area contributed by atoms with Crippen LogP contribution in [0.15, 0.2) is 48.5 Å². The lowest BCUT2D eigenvalue weighted by Gasteiger charge is -2.09. The minimum atomic E-state index is -0.280. The van der Waals surface area contributed by atoms with Crippen LogP contribution >= 0.6 is 11.6 Å². The van der Waals surface area contributed by atoms with Gasteiger partial charge in [-0.15, -0.1) is 21.8 Å². The molecule has 0 unspecified atom stereocenters. The summed E-state index contributed by atoms with van der Waals surface area (Å²) in [6.07, 6.45) is 0. The number of nitrogens with zero attached hydrogens (tertiary/aromatic N) is 3. The fraction of sp³-hybridized carbons (Fsp3) is 0.125. The normalized spacial score (nSPS) is 10.8. The molecule has 0 radical (unpaired) electrons. The first-order chi connectivity index (χ1) is 10.2. The molecule has 1 aromatic heterocycles. The van der Waals surface area contributed by atoms with Crippen molar-refractivity contribution in [1.82, 2.24) is 14.8 Å². The van der Waals surface area contributed by atoms with Crippen LogP contribution in [-0.4, -0.2) is 14.8 Å². The van der Waals surface area contributed by atoms with Crippen molar-refractivity contribution in [2.24, 2.45) is 0 Å². The van der Waals surface area contributed by atoms with Crippen LogP contribution in [0.4, 0.5) is 4.39 Å². The molecule has 0 aliphatic carbocycles. The fourth-order valence-electron chi connectivity index (χ4n) is 2.15. The number of hydrogen-bond donors (Lipinski definition) is 0. The van der Waals surface area contributed by atoms with Crippen LogP contribution in [-0.2, 0) is 5.88 Å². The van der Waals surface area contributed by atoms with Crippen LogP contribution in [0, 0.1) is 12.7 Å². The maximum absolute atomic E-state index is 13.1. The zero-order chi connectivity index (χ0) is 14.8. The monoisotopic (exact) mass is 301 g/mol. The van der Waals surface area contributed by atoms with E-state index in [1.165, 1.54) is 17.7 Å².